The van der Waals surface area contributed by atoms with Crippen molar-refractivity contribution in [1.29, 1.82) is 0 Å². The van der Waals surface area contributed by atoms with Gasteiger partial charge in [-0.1, -0.05) is 30.3 Å². The van der Waals surface area contributed by atoms with Crippen molar-refractivity contribution >= 4 is 15.2 Å². The van der Waals surface area contributed by atoms with Crippen LogP contribution in [0, 0.1) is 0 Å². The zero-order chi connectivity index (χ0) is 21.1. The van der Waals surface area contributed by atoms with Gasteiger partial charge in [-0.15, -0.1) is 0 Å². The summed E-state index contributed by atoms with van der Waals surface area (Å²) in [6.07, 6.45) is 6.48. The summed E-state index contributed by atoms with van der Waals surface area (Å²) in [6.45, 7) is 0.209. The lowest BCUT2D eigenvalue weighted by Crippen LogP contribution is -3.00. The molecule has 3 aromatic rings. The second-order valence-corrected chi connectivity index (χ2v) is 10.1. The average molecular weight is 507 g/mol. The van der Waals surface area contributed by atoms with Crippen LogP contribution in [0.3, 0.4) is 0 Å². The first-order valence-electron chi connectivity index (χ1n) is 8.78. The minimum absolute atomic E-state index is 0. The molecule has 2 heterocycles. The first-order valence-corrected chi connectivity index (χ1v) is 12.3. The van der Waals surface area contributed by atoms with Crippen LogP contribution in [0.25, 0.3) is 11.1 Å². The highest BCUT2D eigenvalue weighted by molar-refractivity contribution is 7.52. The highest BCUT2D eigenvalue weighted by Crippen LogP contribution is 2.49. The third-order valence-corrected chi connectivity index (χ3v) is 6.41. The van der Waals surface area contributed by atoms with E-state index in [0.717, 1.165) is 11.1 Å². The molecular weight excluding hydrogens is 485 g/mol. The number of pyridine rings is 2. The molecule has 0 aliphatic rings. The fraction of sp³-hybridized carbons (Fsp3) is 0.158. The van der Waals surface area contributed by atoms with E-state index in [4.69, 9.17) is 9.79 Å². The molecule has 1 atom stereocenters. The minimum Gasteiger partial charge on any atom is -1.00 e. The lowest BCUT2D eigenvalue weighted by atomic mass is 10.1. The highest BCUT2D eigenvalue weighted by atomic mass is 35.5. The van der Waals surface area contributed by atoms with Crippen molar-refractivity contribution in [2.24, 2.45) is 0 Å². The van der Waals surface area contributed by atoms with Crippen LogP contribution in [0.2, 0.25) is 0 Å². The Morgan fingerprint density at radius 2 is 1.23 bits per heavy atom. The third kappa shape index (κ3) is 7.79. The van der Waals surface area contributed by atoms with Crippen LogP contribution in [0.4, 0.5) is 0 Å². The summed E-state index contributed by atoms with van der Waals surface area (Å²) < 4.78 is 26.2. The third-order valence-electron chi connectivity index (χ3n) is 4.43. The molecule has 8 nitrogen and oxygen atoms in total. The Labute approximate surface area is 192 Å². The summed E-state index contributed by atoms with van der Waals surface area (Å²) >= 11 is 0. The molecule has 31 heavy (non-hydrogen) atoms. The quantitative estimate of drug-likeness (QED) is 0.190. The largest absolute Gasteiger partial charge is 1.00 e. The lowest BCUT2D eigenvalue weighted by Gasteiger charge is -2.14. The Morgan fingerprint density at radius 3 is 1.68 bits per heavy atom. The molecule has 168 valence electrons. The topological polar surface area (TPSA) is 123 Å². The van der Waals surface area contributed by atoms with Crippen LogP contribution >= 0.6 is 15.2 Å². The Hall–Kier alpha value is -1.60. The summed E-state index contributed by atoms with van der Waals surface area (Å²) in [5, 5.41) is 0. The van der Waals surface area contributed by atoms with Crippen molar-refractivity contribution in [1.82, 2.24) is 0 Å². The summed E-state index contributed by atoms with van der Waals surface area (Å²) in [7, 11) is -8.48. The second-order valence-electron chi connectivity index (χ2n) is 6.62. The number of aryl methyl sites for hydroxylation is 1. The van der Waals surface area contributed by atoms with Crippen LogP contribution in [0.1, 0.15) is 11.3 Å². The zero-order valence-corrected chi connectivity index (χ0v) is 19.4. The molecule has 0 spiro atoms. The van der Waals surface area contributed by atoms with E-state index in [-0.39, 0.29) is 37.5 Å². The average Bonchev–Trinajstić information content (AvgIpc) is 2.67. The summed E-state index contributed by atoms with van der Waals surface area (Å²) in [5.74, 6) is -1.11. The van der Waals surface area contributed by atoms with Gasteiger partial charge in [0.25, 0.3) is 5.78 Å². The molecule has 0 aliphatic heterocycles. The van der Waals surface area contributed by atoms with Crippen molar-refractivity contribution < 1.29 is 62.7 Å². The molecule has 2 aromatic heterocycles. The molecule has 1 unspecified atom stereocenters. The molecule has 0 radical (unpaired) electrons. The van der Waals surface area contributed by atoms with Crippen molar-refractivity contribution in [3.8, 4) is 11.1 Å². The van der Waals surface area contributed by atoms with E-state index in [1.165, 1.54) is 4.57 Å². The van der Waals surface area contributed by atoms with Gasteiger partial charge in [0, 0.05) is 29.8 Å². The van der Waals surface area contributed by atoms with E-state index < -0.39 is 21.0 Å². The van der Waals surface area contributed by atoms with Gasteiger partial charge in [0.05, 0.1) is 0 Å². The molecule has 0 amide bonds. The van der Waals surface area contributed by atoms with E-state index in [0.29, 0.717) is 5.56 Å². The molecule has 0 saturated heterocycles. The van der Waals surface area contributed by atoms with Crippen molar-refractivity contribution in [3.63, 3.8) is 0 Å². The fourth-order valence-electron chi connectivity index (χ4n) is 3.00. The molecule has 0 aliphatic carbocycles. The smallest absolute Gasteiger partial charge is 0.398 e. The zero-order valence-electron chi connectivity index (χ0n) is 16.1. The van der Waals surface area contributed by atoms with Crippen molar-refractivity contribution in [2.45, 2.75) is 12.3 Å². The number of hydrogen-bond donors (Lipinski definition) is 4. The van der Waals surface area contributed by atoms with Crippen LogP contribution in [-0.4, -0.2) is 25.7 Å². The molecule has 0 fully saturated rings. The van der Waals surface area contributed by atoms with E-state index in [1.54, 1.807) is 71.8 Å². The first kappa shape index (κ1) is 27.4. The lowest BCUT2D eigenvalue weighted by molar-refractivity contribution is -0.695. The highest BCUT2D eigenvalue weighted by Gasteiger charge is 2.38. The Kier molecular flexibility index (Phi) is 10.0. The second kappa shape index (κ2) is 11.3. The normalized spacial score (nSPS) is 12.4. The maximum Gasteiger partial charge on any atom is 0.398 e. The van der Waals surface area contributed by atoms with E-state index in [1.807, 2.05) is 12.1 Å². The maximum atomic E-state index is 12.1. The number of nitrogens with zero attached hydrogens (tertiary/aromatic N) is 2. The Balaban J connectivity index is 0.00000240. The van der Waals surface area contributed by atoms with Crippen LogP contribution < -0.4 is 33.9 Å². The van der Waals surface area contributed by atoms with Gasteiger partial charge < -0.3 is 44.4 Å². The van der Waals surface area contributed by atoms with E-state index in [9.17, 15) is 18.9 Å². The van der Waals surface area contributed by atoms with Gasteiger partial charge in [-0.3, -0.25) is 9.13 Å². The van der Waals surface area contributed by atoms with E-state index in [2.05, 4.69) is 0 Å². The maximum absolute atomic E-state index is 12.1. The Bertz CT molecular complexity index is 1060. The molecule has 3 rings (SSSR count). The molecular formula is C19H22Cl2N2O6P2. The van der Waals surface area contributed by atoms with Gasteiger partial charge in [-0.25, -0.2) is 4.57 Å². The Morgan fingerprint density at radius 1 is 0.742 bits per heavy atom. The van der Waals surface area contributed by atoms with Gasteiger partial charge in [-0.05, 0) is 11.1 Å². The van der Waals surface area contributed by atoms with Gasteiger partial charge in [0.15, 0.2) is 31.3 Å². The van der Waals surface area contributed by atoms with Crippen molar-refractivity contribution in [3.05, 3.63) is 84.9 Å². The van der Waals surface area contributed by atoms with Crippen LogP contribution in [0.5, 0.6) is 0 Å². The first-order chi connectivity index (χ1) is 13.6. The minimum atomic E-state index is -4.44. The number of aromatic nitrogens is 2. The van der Waals surface area contributed by atoms with Crippen LogP contribution in [-0.2, 0) is 15.7 Å². The number of benzene rings is 1. The molecule has 12 heteroatoms. The van der Waals surface area contributed by atoms with Gasteiger partial charge in [-0.2, -0.15) is 4.57 Å². The molecule has 1 aromatic carbocycles. The monoisotopic (exact) mass is 506 g/mol. The molecule has 0 saturated carbocycles. The fourth-order valence-corrected chi connectivity index (χ4v) is 4.56. The van der Waals surface area contributed by atoms with Gasteiger partial charge in [0.1, 0.15) is 6.16 Å². The SMILES string of the molecule is O=P(O)(O)CC[n+]1ccc(-c2cc[n+](C(c3ccccc3)P(=O)(O)O)cc2)cc1.[Cl-].[Cl-]. The number of rotatable bonds is 7. The predicted octanol–water partition coefficient (Wildman–Crippen LogP) is -4.16. The number of halogens is 2. The van der Waals surface area contributed by atoms with Crippen LogP contribution in [0.15, 0.2) is 79.4 Å². The van der Waals surface area contributed by atoms with Gasteiger partial charge in [0.2, 0.25) is 0 Å². The predicted molar refractivity (Wildman–Crippen MR) is 106 cm³/mol. The van der Waals surface area contributed by atoms with Gasteiger partial charge >= 0.3 is 15.2 Å². The summed E-state index contributed by atoms with van der Waals surface area (Å²) in [5.41, 5.74) is 2.24. The number of hydrogen-bond acceptors (Lipinski definition) is 2. The standard InChI is InChI=1S/C19H20N2O6P2.2ClH/c22-28(23,24)15-14-20-10-6-16(7-11-20)17-8-12-21(13-9-17)19(29(25,26)27)18-4-2-1-3-5-18;;/h1-13,19H,14-15H2,(H2-2,22,23,24,25,26,27);2*1H. The summed E-state index contributed by atoms with van der Waals surface area (Å²) in [4.78, 5) is 37.6. The van der Waals surface area contributed by atoms with Crippen molar-refractivity contribution in [2.75, 3.05) is 6.16 Å². The molecule has 0 bridgehead atoms. The van der Waals surface area contributed by atoms with E-state index >= 15 is 0 Å². The summed E-state index contributed by atoms with van der Waals surface area (Å²) in [6, 6.07) is 15.8. The molecule has 4 N–H and O–H groups in total.